The molecule has 0 bridgehead atoms. The molecule has 7 nitrogen and oxygen atoms in total. The van der Waals surface area contributed by atoms with Gasteiger partial charge in [0.05, 0.1) is 23.3 Å². The number of fused-ring (bicyclic) bond motifs is 5. The van der Waals surface area contributed by atoms with Gasteiger partial charge in [0.25, 0.3) is 0 Å². The van der Waals surface area contributed by atoms with Gasteiger partial charge in [0.15, 0.2) is 11.4 Å². The third kappa shape index (κ3) is 3.94. The second-order valence-electron chi connectivity index (χ2n) is 8.79. The third-order valence-corrected chi connectivity index (χ3v) is 5.33. The van der Waals surface area contributed by atoms with Crippen molar-refractivity contribution >= 4 is 28.0 Å². The van der Waals surface area contributed by atoms with Gasteiger partial charge in [-0.25, -0.2) is 15.0 Å². The van der Waals surface area contributed by atoms with E-state index < -0.39 is 0 Å². The summed E-state index contributed by atoms with van der Waals surface area (Å²) in [7, 11) is 1.71. The highest BCUT2D eigenvalue weighted by molar-refractivity contribution is 6.06. The third-order valence-electron chi connectivity index (χ3n) is 5.33. The van der Waals surface area contributed by atoms with Gasteiger partial charge in [0, 0.05) is 32.2 Å². The molecule has 0 aliphatic carbocycles. The van der Waals surface area contributed by atoms with E-state index in [1.165, 1.54) is 11.1 Å². The monoisotopic (exact) mass is 398 g/mol. The molecule has 4 heterocycles. The van der Waals surface area contributed by atoms with E-state index in [1.54, 1.807) is 13.4 Å². The lowest BCUT2D eigenvalue weighted by Crippen LogP contribution is -2.33. The zero-order valence-corrected chi connectivity index (χ0v) is 18.0. The highest BCUT2D eigenvalue weighted by Gasteiger charge is 2.32. The normalized spacial score (nSPS) is 15.9. The molecule has 4 rings (SSSR count). The quantitative estimate of drug-likeness (QED) is 0.595. The Morgan fingerprint density at radius 3 is 2.83 bits per heavy atom. The molecule has 0 aromatic carbocycles. The molecule has 29 heavy (non-hydrogen) atoms. The summed E-state index contributed by atoms with van der Waals surface area (Å²) in [4.78, 5) is 13.9. The van der Waals surface area contributed by atoms with Crippen LogP contribution in [0.3, 0.4) is 0 Å². The maximum absolute atomic E-state index is 6.23. The van der Waals surface area contributed by atoms with Gasteiger partial charge in [0.1, 0.15) is 11.8 Å². The molecule has 0 unspecified atom stereocenters. The Balaban J connectivity index is 1.86. The molecule has 1 aliphatic rings. The minimum atomic E-state index is -0.228. The molecule has 3 aromatic heterocycles. The van der Waals surface area contributed by atoms with Crippen LogP contribution in [0.25, 0.3) is 22.2 Å². The Morgan fingerprint density at radius 2 is 2.07 bits per heavy atom. The van der Waals surface area contributed by atoms with Crippen LogP contribution in [0.1, 0.15) is 50.9 Å². The zero-order chi connectivity index (χ0) is 20.6. The van der Waals surface area contributed by atoms with Crippen molar-refractivity contribution < 1.29 is 13.9 Å². The van der Waals surface area contributed by atoms with Crippen LogP contribution in [0.5, 0.6) is 0 Å². The molecule has 0 spiro atoms. The van der Waals surface area contributed by atoms with E-state index in [1.807, 2.05) is 0 Å². The summed E-state index contributed by atoms with van der Waals surface area (Å²) in [5.74, 6) is 1.20. The summed E-state index contributed by atoms with van der Waals surface area (Å²) in [5, 5.41) is 4.35. The number of rotatable bonds is 7. The number of ether oxygens (including phenoxy) is 2. The molecule has 0 amide bonds. The van der Waals surface area contributed by atoms with Crippen molar-refractivity contribution in [2.75, 3.05) is 25.6 Å². The summed E-state index contributed by atoms with van der Waals surface area (Å²) in [6.07, 6.45) is 4.18. The number of hydrogen-bond donors (Lipinski definition) is 1. The molecular formula is C22H30N4O3. The van der Waals surface area contributed by atoms with E-state index in [-0.39, 0.29) is 5.60 Å². The first-order chi connectivity index (χ1) is 13.9. The Hall–Kier alpha value is -2.25. The molecular weight excluding hydrogens is 368 g/mol. The van der Waals surface area contributed by atoms with Gasteiger partial charge in [-0.1, -0.05) is 13.8 Å². The molecule has 1 aliphatic heterocycles. The SMILES string of the molecule is COCCCNc1ncnc2c1oc1nc(CC(C)C)c3c(c12)CC(C)(C)OC3. The van der Waals surface area contributed by atoms with Crippen LogP contribution < -0.4 is 5.32 Å². The molecule has 156 valence electrons. The summed E-state index contributed by atoms with van der Waals surface area (Å²) in [5.41, 5.74) is 5.43. The number of methoxy groups -OCH3 is 1. The van der Waals surface area contributed by atoms with Crippen molar-refractivity contribution in [3.8, 4) is 0 Å². The maximum atomic E-state index is 6.23. The second kappa shape index (κ2) is 7.88. The second-order valence-corrected chi connectivity index (χ2v) is 8.79. The summed E-state index contributed by atoms with van der Waals surface area (Å²) in [6, 6.07) is 0. The molecule has 1 N–H and O–H groups in total. The molecule has 0 saturated heterocycles. The fourth-order valence-corrected chi connectivity index (χ4v) is 3.98. The maximum Gasteiger partial charge on any atom is 0.229 e. The standard InChI is InChI=1S/C22H30N4O3/c1-13(2)9-16-15-11-28-22(3,4)10-14(15)17-18-19(29-21(17)26-16)20(25-12-24-18)23-7-6-8-27-5/h12-13H,6-11H2,1-5H3,(H,23,24,25). The van der Waals surface area contributed by atoms with Crippen LogP contribution >= 0.6 is 0 Å². The Kier molecular flexibility index (Phi) is 5.44. The van der Waals surface area contributed by atoms with E-state index in [2.05, 4.69) is 43.0 Å². The van der Waals surface area contributed by atoms with Crippen LogP contribution in [-0.4, -0.2) is 40.8 Å². The lowest BCUT2D eigenvalue weighted by Gasteiger charge is -2.33. The van der Waals surface area contributed by atoms with Crippen molar-refractivity contribution in [2.24, 2.45) is 5.92 Å². The van der Waals surface area contributed by atoms with Crippen LogP contribution in [0.15, 0.2) is 10.7 Å². The van der Waals surface area contributed by atoms with E-state index in [4.69, 9.17) is 18.9 Å². The van der Waals surface area contributed by atoms with Crippen LogP contribution in [0, 0.1) is 5.92 Å². The predicted molar refractivity (Wildman–Crippen MR) is 113 cm³/mol. The molecule has 0 fully saturated rings. The largest absolute Gasteiger partial charge is 0.432 e. The average Bonchev–Trinajstić information content (AvgIpc) is 3.03. The lowest BCUT2D eigenvalue weighted by atomic mass is 9.88. The van der Waals surface area contributed by atoms with Gasteiger partial charge in [-0.15, -0.1) is 0 Å². The van der Waals surface area contributed by atoms with Crippen molar-refractivity contribution in [1.29, 1.82) is 0 Å². The highest BCUT2D eigenvalue weighted by atomic mass is 16.5. The number of aromatic nitrogens is 3. The van der Waals surface area contributed by atoms with Gasteiger partial charge in [-0.05, 0) is 38.2 Å². The van der Waals surface area contributed by atoms with Gasteiger partial charge in [0.2, 0.25) is 5.71 Å². The van der Waals surface area contributed by atoms with Gasteiger partial charge < -0.3 is 19.2 Å². The van der Waals surface area contributed by atoms with Crippen molar-refractivity contribution in [3.63, 3.8) is 0 Å². The van der Waals surface area contributed by atoms with E-state index >= 15 is 0 Å². The first kappa shape index (κ1) is 20.0. The number of anilines is 1. The number of hydrogen-bond acceptors (Lipinski definition) is 7. The number of furan rings is 1. The predicted octanol–water partition coefficient (Wildman–Crippen LogP) is 4.27. The van der Waals surface area contributed by atoms with Gasteiger partial charge in [-0.2, -0.15) is 0 Å². The minimum Gasteiger partial charge on any atom is -0.432 e. The van der Waals surface area contributed by atoms with E-state index in [0.29, 0.717) is 36.2 Å². The van der Waals surface area contributed by atoms with Gasteiger partial charge in [-0.3, -0.25) is 0 Å². The average molecular weight is 399 g/mol. The van der Waals surface area contributed by atoms with Crippen molar-refractivity contribution in [2.45, 2.75) is 59.2 Å². The van der Waals surface area contributed by atoms with Gasteiger partial charge >= 0.3 is 0 Å². The molecule has 0 atom stereocenters. The zero-order valence-electron chi connectivity index (χ0n) is 18.0. The Labute approximate surface area is 171 Å². The van der Waals surface area contributed by atoms with Crippen molar-refractivity contribution in [3.05, 3.63) is 23.1 Å². The minimum absolute atomic E-state index is 0.228. The summed E-state index contributed by atoms with van der Waals surface area (Å²) < 4.78 is 17.5. The number of pyridine rings is 1. The summed E-state index contributed by atoms with van der Waals surface area (Å²) >= 11 is 0. The topological polar surface area (TPSA) is 82.3 Å². The first-order valence-corrected chi connectivity index (χ1v) is 10.3. The molecule has 0 radical (unpaired) electrons. The fraction of sp³-hybridized carbons (Fsp3) is 0.591. The Morgan fingerprint density at radius 1 is 1.24 bits per heavy atom. The van der Waals surface area contributed by atoms with Crippen molar-refractivity contribution in [1.82, 2.24) is 15.0 Å². The number of nitrogens with one attached hydrogen (secondary N) is 1. The van der Waals surface area contributed by atoms with Crippen LogP contribution in [0.4, 0.5) is 5.82 Å². The summed E-state index contributed by atoms with van der Waals surface area (Å²) in [6.45, 7) is 10.7. The van der Waals surface area contributed by atoms with Crippen LogP contribution in [0.2, 0.25) is 0 Å². The first-order valence-electron chi connectivity index (χ1n) is 10.3. The Bertz CT molecular complexity index is 1030. The number of nitrogens with zero attached hydrogens (tertiary/aromatic N) is 3. The lowest BCUT2D eigenvalue weighted by molar-refractivity contribution is -0.0402. The molecule has 3 aromatic rings. The highest BCUT2D eigenvalue weighted by Crippen LogP contribution is 2.39. The van der Waals surface area contributed by atoms with Crippen LogP contribution in [-0.2, 0) is 28.9 Å². The fourth-order valence-electron chi connectivity index (χ4n) is 3.98. The smallest absolute Gasteiger partial charge is 0.229 e. The molecule has 0 saturated carbocycles. The van der Waals surface area contributed by atoms with E-state index in [0.717, 1.165) is 42.4 Å². The van der Waals surface area contributed by atoms with E-state index in [9.17, 15) is 0 Å². The molecule has 7 heteroatoms.